The van der Waals surface area contributed by atoms with Crippen molar-refractivity contribution in [2.75, 3.05) is 39.6 Å². The summed E-state index contributed by atoms with van der Waals surface area (Å²) >= 11 is 0. The van der Waals surface area contributed by atoms with Crippen LogP contribution in [0.25, 0.3) is 0 Å². The van der Waals surface area contributed by atoms with Crippen LogP contribution in [0.1, 0.15) is 98.8 Å². The highest BCUT2D eigenvalue weighted by Crippen LogP contribution is 2.26. The van der Waals surface area contributed by atoms with E-state index in [9.17, 15) is 14.9 Å². The van der Waals surface area contributed by atoms with E-state index < -0.39 is 50.3 Å². The Hall–Kier alpha value is -1.26. The van der Waals surface area contributed by atoms with Crippen molar-refractivity contribution in [2.45, 2.75) is 186 Å². The summed E-state index contributed by atoms with van der Waals surface area (Å²) in [5, 5.41) is 18.5. The van der Waals surface area contributed by atoms with Crippen LogP contribution in [0.5, 0.6) is 0 Å². The Morgan fingerprint density at radius 2 is 0.943 bits per heavy atom. The molecule has 1 atom stereocenters. The summed E-state index contributed by atoms with van der Waals surface area (Å²) in [5.74, 6) is -0.726. The van der Waals surface area contributed by atoms with E-state index in [1.807, 2.05) is 13.8 Å². The van der Waals surface area contributed by atoms with E-state index in [-0.39, 0.29) is 38.4 Å². The lowest BCUT2D eigenvalue weighted by Gasteiger charge is -2.34. The van der Waals surface area contributed by atoms with Crippen molar-refractivity contribution in [1.82, 2.24) is 0 Å². The molecule has 0 radical (unpaired) electrons. The summed E-state index contributed by atoms with van der Waals surface area (Å²) in [5.41, 5.74) is -1.87. The molecule has 0 bridgehead atoms. The minimum atomic E-state index is -1.73. The summed E-state index contributed by atoms with van der Waals surface area (Å²) in [6.07, 6.45) is 7.55. The van der Waals surface area contributed by atoms with E-state index in [1.54, 1.807) is 6.92 Å². The molecular formula is C38H79N3O8Si4. The maximum absolute atomic E-state index is 12.4. The first kappa shape index (κ1) is 51.7. The fourth-order valence-corrected chi connectivity index (χ4v) is 24.1. The topological polar surface area (TPSA) is 138 Å². The number of ether oxygens (including phenoxy) is 4. The molecule has 0 spiro atoms. The maximum atomic E-state index is 12.4. The van der Waals surface area contributed by atoms with Gasteiger partial charge in [-0.2, -0.15) is 15.5 Å². The molecule has 0 rings (SSSR count). The number of carbonyl (C=O) groups excluding carboxylic acids is 2. The Morgan fingerprint density at radius 1 is 0.566 bits per heavy atom. The zero-order valence-corrected chi connectivity index (χ0v) is 40.2. The first-order valence-electron chi connectivity index (χ1n) is 20.2. The molecule has 0 aliphatic heterocycles. The van der Waals surface area contributed by atoms with Crippen LogP contribution in [0.4, 0.5) is 0 Å². The van der Waals surface area contributed by atoms with E-state index in [4.69, 9.17) is 27.2 Å². The first-order chi connectivity index (χ1) is 24.5. The van der Waals surface area contributed by atoms with Crippen LogP contribution in [-0.2, 0) is 36.8 Å². The van der Waals surface area contributed by atoms with Gasteiger partial charge >= 0.3 is 11.9 Å². The van der Waals surface area contributed by atoms with Crippen molar-refractivity contribution in [2.24, 2.45) is 10.2 Å². The molecule has 0 aliphatic rings. The number of hydrogen-bond acceptors (Lipinski definition) is 11. The third-order valence-electron chi connectivity index (χ3n) is 9.03. The zero-order valence-electron chi connectivity index (χ0n) is 36.2. The third kappa shape index (κ3) is 28.8. The van der Waals surface area contributed by atoms with Gasteiger partial charge in [-0.1, -0.05) is 39.5 Å². The van der Waals surface area contributed by atoms with Crippen molar-refractivity contribution >= 4 is 45.2 Å². The fourth-order valence-electron chi connectivity index (χ4n) is 6.06. The molecule has 0 saturated carbocycles. The van der Waals surface area contributed by atoms with E-state index in [0.29, 0.717) is 32.8 Å². The second kappa shape index (κ2) is 25.8. The SMILES string of the molecule is CCCC[Si](C)(C)O[Si](C)(C)CCCOCCOC(=O)CCC(C)(C)N=NC(C)(C#N)CCC(=O)OCCOCCC[Si](C)(C)O[Si](C)(C)CCCC. The second-order valence-corrected chi connectivity index (χ2v) is 35.4. The maximum Gasteiger partial charge on any atom is 0.305 e. The number of rotatable bonds is 32. The van der Waals surface area contributed by atoms with Gasteiger partial charge in [-0.15, -0.1) is 0 Å². The molecule has 1 unspecified atom stereocenters. The molecule has 15 heteroatoms. The highest BCUT2D eigenvalue weighted by Gasteiger charge is 2.33. The smallest absolute Gasteiger partial charge is 0.305 e. The Balaban J connectivity index is 4.30. The van der Waals surface area contributed by atoms with Crippen LogP contribution in [0.3, 0.4) is 0 Å². The van der Waals surface area contributed by atoms with Gasteiger partial charge in [0.15, 0.2) is 38.8 Å². The standard InChI is InChI=1S/C38H79N3O8Si4/c1-14-16-30-50(6,7)48-52(10,11)32-18-24-44-26-28-46-35(42)20-22-37(3,4)40-41-38(5,34-39)23-21-36(43)47-29-27-45-25-19-33-53(12,13)49-51(8,9)31-17-15-2/h14-33H2,1-13H3. The summed E-state index contributed by atoms with van der Waals surface area (Å²) in [6, 6.07) is 6.69. The van der Waals surface area contributed by atoms with Crippen molar-refractivity contribution in [3.05, 3.63) is 0 Å². The van der Waals surface area contributed by atoms with Crippen LogP contribution in [0.2, 0.25) is 76.6 Å². The summed E-state index contributed by atoms with van der Waals surface area (Å²) < 4.78 is 35.4. The van der Waals surface area contributed by atoms with Crippen LogP contribution < -0.4 is 0 Å². The van der Waals surface area contributed by atoms with Gasteiger partial charge in [0.05, 0.1) is 24.8 Å². The number of esters is 2. The lowest BCUT2D eigenvalue weighted by atomic mass is 9.98. The lowest BCUT2D eigenvalue weighted by molar-refractivity contribution is -0.146. The zero-order chi connectivity index (χ0) is 40.7. The van der Waals surface area contributed by atoms with Gasteiger partial charge in [0.2, 0.25) is 0 Å². The summed E-state index contributed by atoms with van der Waals surface area (Å²) in [4.78, 5) is 24.7. The highest BCUT2D eigenvalue weighted by atomic mass is 28.4. The first-order valence-corrected chi connectivity index (χ1v) is 32.7. The largest absolute Gasteiger partial charge is 0.463 e. The monoisotopic (exact) mass is 817 g/mol. The minimum Gasteiger partial charge on any atom is -0.463 e. The molecule has 310 valence electrons. The molecule has 0 heterocycles. The van der Waals surface area contributed by atoms with Gasteiger partial charge in [0, 0.05) is 26.1 Å². The highest BCUT2D eigenvalue weighted by molar-refractivity contribution is 6.85. The van der Waals surface area contributed by atoms with Crippen LogP contribution >= 0.6 is 0 Å². The average molecular weight is 818 g/mol. The second-order valence-electron chi connectivity index (χ2n) is 17.7. The molecule has 0 aromatic heterocycles. The van der Waals surface area contributed by atoms with E-state index in [2.05, 4.69) is 82.5 Å². The molecule has 11 nitrogen and oxygen atoms in total. The summed E-state index contributed by atoms with van der Waals surface area (Å²) in [6.45, 7) is 30.6. The molecule has 0 amide bonds. The molecule has 0 N–H and O–H groups in total. The molecule has 0 aromatic carbocycles. The number of hydrogen-bond donors (Lipinski definition) is 0. The number of nitrogens with zero attached hydrogens (tertiary/aromatic N) is 3. The average Bonchev–Trinajstić information content (AvgIpc) is 3.05. The van der Waals surface area contributed by atoms with Crippen LogP contribution in [0, 0.1) is 11.3 Å². The lowest BCUT2D eigenvalue weighted by Crippen LogP contribution is -2.44. The van der Waals surface area contributed by atoms with Crippen LogP contribution in [0.15, 0.2) is 10.2 Å². The van der Waals surface area contributed by atoms with Gasteiger partial charge in [0.1, 0.15) is 13.2 Å². The molecule has 0 aliphatic carbocycles. The van der Waals surface area contributed by atoms with Crippen molar-refractivity contribution in [3.63, 3.8) is 0 Å². The molecule has 0 saturated heterocycles. The van der Waals surface area contributed by atoms with Crippen LogP contribution in [-0.4, -0.2) is 95.9 Å². The quantitative estimate of drug-likeness (QED) is 0.0281. The molecule has 0 aromatic rings. The number of azo groups is 1. The Labute approximate surface area is 328 Å². The fraction of sp³-hybridized carbons (Fsp3) is 0.921. The van der Waals surface area contributed by atoms with E-state index in [0.717, 1.165) is 24.9 Å². The van der Waals surface area contributed by atoms with Gasteiger partial charge in [0.25, 0.3) is 0 Å². The van der Waals surface area contributed by atoms with Crippen molar-refractivity contribution in [3.8, 4) is 6.07 Å². The molecule has 0 fully saturated rings. The van der Waals surface area contributed by atoms with Crippen molar-refractivity contribution < 1.29 is 36.8 Å². The third-order valence-corrected chi connectivity index (χ3v) is 24.1. The predicted octanol–water partition coefficient (Wildman–Crippen LogP) is 10.4. The summed E-state index contributed by atoms with van der Waals surface area (Å²) in [7, 11) is -6.66. The number of nitriles is 1. The van der Waals surface area contributed by atoms with Gasteiger partial charge in [-0.3, -0.25) is 9.59 Å². The van der Waals surface area contributed by atoms with E-state index in [1.165, 1.54) is 37.8 Å². The Kier molecular flexibility index (Phi) is 25.2. The Bertz CT molecular complexity index is 1120. The Morgan fingerprint density at radius 3 is 1.32 bits per heavy atom. The predicted molar refractivity (Wildman–Crippen MR) is 225 cm³/mol. The van der Waals surface area contributed by atoms with Gasteiger partial charge in [-0.05, 0) is 123 Å². The normalized spacial score (nSPS) is 14.3. The van der Waals surface area contributed by atoms with Gasteiger partial charge < -0.3 is 27.2 Å². The van der Waals surface area contributed by atoms with Crippen molar-refractivity contribution in [1.29, 1.82) is 5.26 Å². The number of carbonyl (C=O) groups is 2. The molecular weight excluding hydrogens is 739 g/mol. The minimum absolute atomic E-state index is 0.0407. The molecule has 53 heavy (non-hydrogen) atoms. The van der Waals surface area contributed by atoms with Gasteiger partial charge in [-0.25, -0.2) is 0 Å². The van der Waals surface area contributed by atoms with E-state index >= 15 is 0 Å². The number of unbranched alkanes of at least 4 members (excludes halogenated alkanes) is 2.